The fourth-order valence-corrected chi connectivity index (χ4v) is 1.77. The average molecular weight is 266 g/mol. The minimum atomic E-state index is 0.755. The highest BCUT2D eigenvalue weighted by atomic mass is 15.5. The van der Waals surface area contributed by atoms with Gasteiger partial charge in [-0.3, -0.25) is 4.98 Å². The monoisotopic (exact) mass is 266 g/mol. The topological polar surface area (TPSA) is 40.9 Å². The highest BCUT2D eigenvalue weighted by Crippen LogP contribution is 2.17. The quantitative estimate of drug-likeness (QED) is 0.613. The summed E-state index contributed by atoms with van der Waals surface area (Å²) in [6.45, 7) is 3.98. The molecule has 4 heteroatoms. The van der Waals surface area contributed by atoms with Crippen LogP contribution in [0.5, 0.6) is 0 Å². The third kappa shape index (κ3) is 3.51. The van der Waals surface area contributed by atoms with Crippen LogP contribution in [0.25, 0.3) is 5.70 Å². The van der Waals surface area contributed by atoms with Gasteiger partial charge in [-0.25, -0.2) is 5.01 Å². The molecule has 0 aliphatic heterocycles. The molecule has 4 nitrogen and oxygen atoms in total. The molecule has 0 aliphatic rings. The lowest BCUT2D eigenvalue weighted by Gasteiger charge is -2.12. The van der Waals surface area contributed by atoms with Crippen LogP contribution in [0.4, 0.5) is 5.69 Å². The molecule has 0 unspecified atom stereocenters. The van der Waals surface area contributed by atoms with Gasteiger partial charge in [-0.15, -0.1) is 5.11 Å². The normalized spacial score (nSPS) is 11.8. The Morgan fingerprint density at radius 3 is 2.70 bits per heavy atom. The fourth-order valence-electron chi connectivity index (χ4n) is 1.77. The van der Waals surface area contributed by atoms with Crippen LogP contribution in [0, 0.1) is 6.92 Å². The van der Waals surface area contributed by atoms with Crippen LogP contribution in [-0.4, -0.2) is 12.0 Å². The van der Waals surface area contributed by atoms with E-state index < -0.39 is 0 Å². The van der Waals surface area contributed by atoms with Gasteiger partial charge in [0.05, 0.1) is 11.4 Å². The molecule has 0 atom stereocenters. The summed E-state index contributed by atoms with van der Waals surface area (Å²) >= 11 is 0. The van der Waals surface area contributed by atoms with Gasteiger partial charge in [0.15, 0.2) is 0 Å². The molecule has 1 heterocycles. The van der Waals surface area contributed by atoms with E-state index in [0.29, 0.717) is 0 Å². The van der Waals surface area contributed by atoms with Crippen LogP contribution in [0.3, 0.4) is 0 Å². The largest absolute Gasteiger partial charge is 0.255 e. The van der Waals surface area contributed by atoms with Gasteiger partial charge in [0, 0.05) is 13.2 Å². The fraction of sp³-hybridized carbons (Fsp3) is 0.188. The van der Waals surface area contributed by atoms with Crippen LogP contribution in [0.2, 0.25) is 0 Å². The van der Waals surface area contributed by atoms with Crippen molar-refractivity contribution in [2.45, 2.75) is 13.8 Å². The van der Waals surface area contributed by atoms with Crippen LogP contribution in [0.1, 0.15) is 18.2 Å². The van der Waals surface area contributed by atoms with Crippen molar-refractivity contribution in [3.05, 3.63) is 66.0 Å². The van der Waals surface area contributed by atoms with Crippen molar-refractivity contribution < 1.29 is 0 Å². The van der Waals surface area contributed by atoms with Crippen LogP contribution < -0.4 is 5.01 Å². The molecule has 0 saturated carbocycles. The molecular formula is C16H18N4. The second-order valence-corrected chi connectivity index (χ2v) is 4.44. The maximum Gasteiger partial charge on any atom is 0.109 e. The molecule has 0 aliphatic carbocycles. The second kappa shape index (κ2) is 6.61. The molecule has 0 spiro atoms. The number of pyridine rings is 1. The summed E-state index contributed by atoms with van der Waals surface area (Å²) < 4.78 is 0. The molecule has 102 valence electrons. The van der Waals surface area contributed by atoms with Gasteiger partial charge < -0.3 is 0 Å². The molecular weight excluding hydrogens is 248 g/mol. The second-order valence-electron chi connectivity index (χ2n) is 4.44. The lowest BCUT2D eigenvalue weighted by atomic mass is 10.2. The molecule has 2 aromatic rings. The first-order valence-electron chi connectivity index (χ1n) is 6.50. The number of allylic oxidation sites excluding steroid dienone is 1. The van der Waals surface area contributed by atoms with E-state index in [4.69, 9.17) is 0 Å². The van der Waals surface area contributed by atoms with Crippen molar-refractivity contribution in [2.24, 2.45) is 10.3 Å². The third-order valence-corrected chi connectivity index (χ3v) is 2.86. The molecule has 2 rings (SSSR count). The van der Waals surface area contributed by atoms with E-state index in [2.05, 4.69) is 34.4 Å². The number of hydrogen-bond acceptors (Lipinski definition) is 3. The number of nitrogens with zero attached hydrogens (tertiary/aromatic N) is 4. The van der Waals surface area contributed by atoms with Gasteiger partial charge in [0.1, 0.15) is 5.70 Å². The minimum absolute atomic E-state index is 0.755. The number of anilines is 1. The van der Waals surface area contributed by atoms with Gasteiger partial charge >= 0.3 is 0 Å². The zero-order chi connectivity index (χ0) is 14.4. The average Bonchev–Trinajstić information content (AvgIpc) is 2.49. The Morgan fingerprint density at radius 1 is 1.20 bits per heavy atom. The molecule has 0 saturated heterocycles. The number of rotatable bonds is 4. The minimum Gasteiger partial charge on any atom is -0.255 e. The van der Waals surface area contributed by atoms with Gasteiger partial charge in [-0.2, -0.15) is 0 Å². The van der Waals surface area contributed by atoms with Gasteiger partial charge in [-0.1, -0.05) is 29.5 Å². The van der Waals surface area contributed by atoms with E-state index in [1.165, 1.54) is 5.56 Å². The molecule has 0 N–H and O–H groups in total. The first-order chi connectivity index (χ1) is 9.70. The highest BCUT2D eigenvalue weighted by Gasteiger charge is 2.02. The van der Waals surface area contributed by atoms with E-state index >= 15 is 0 Å². The molecule has 1 aromatic carbocycles. The smallest absolute Gasteiger partial charge is 0.109 e. The molecule has 20 heavy (non-hydrogen) atoms. The Balaban J connectivity index is 2.16. The Morgan fingerprint density at radius 2 is 2.05 bits per heavy atom. The van der Waals surface area contributed by atoms with E-state index in [1.807, 2.05) is 50.4 Å². The van der Waals surface area contributed by atoms with Crippen molar-refractivity contribution in [3.8, 4) is 0 Å². The number of aromatic nitrogens is 1. The number of benzene rings is 1. The summed E-state index contributed by atoms with van der Waals surface area (Å²) in [6.07, 6.45) is 3.65. The summed E-state index contributed by atoms with van der Waals surface area (Å²) in [7, 11) is 1.88. The summed E-state index contributed by atoms with van der Waals surface area (Å²) in [5.74, 6) is 0. The summed E-state index contributed by atoms with van der Waals surface area (Å²) in [5.41, 5.74) is 3.77. The van der Waals surface area contributed by atoms with E-state index in [0.717, 1.165) is 17.1 Å². The molecule has 0 bridgehead atoms. The Kier molecular flexibility index (Phi) is 4.60. The lowest BCUT2D eigenvalue weighted by molar-refractivity contribution is 0.922. The van der Waals surface area contributed by atoms with E-state index in [1.54, 1.807) is 11.2 Å². The van der Waals surface area contributed by atoms with E-state index in [9.17, 15) is 0 Å². The summed E-state index contributed by atoms with van der Waals surface area (Å²) in [4.78, 5) is 4.27. The zero-order valence-electron chi connectivity index (χ0n) is 12.0. The third-order valence-electron chi connectivity index (χ3n) is 2.86. The van der Waals surface area contributed by atoms with Crippen LogP contribution in [0.15, 0.2) is 65.1 Å². The predicted octanol–water partition coefficient (Wildman–Crippen LogP) is 4.25. The number of aryl methyl sites for hydroxylation is 1. The predicted molar refractivity (Wildman–Crippen MR) is 82.3 cm³/mol. The maximum atomic E-state index is 4.27. The van der Waals surface area contributed by atoms with Crippen molar-refractivity contribution in [1.82, 2.24) is 4.98 Å². The van der Waals surface area contributed by atoms with Crippen molar-refractivity contribution in [2.75, 3.05) is 12.1 Å². The molecule has 0 radical (unpaired) electrons. The Hall–Kier alpha value is -2.49. The molecule has 0 fully saturated rings. The summed E-state index contributed by atoms with van der Waals surface area (Å²) in [5, 5.41) is 10.3. The first-order valence-corrected chi connectivity index (χ1v) is 6.50. The Bertz CT molecular complexity index is 617. The van der Waals surface area contributed by atoms with Crippen molar-refractivity contribution >= 4 is 11.4 Å². The first kappa shape index (κ1) is 13.9. The van der Waals surface area contributed by atoms with Crippen molar-refractivity contribution in [1.29, 1.82) is 0 Å². The maximum absolute atomic E-state index is 4.27. The van der Waals surface area contributed by atoms with Crippen molar-refractivity contribution in [3.63, 3.8) is 0 Å². The molecule has 0 amide bonds. The highest BCUT2D eigenvalue weighted by molar-refractivity contribution is 5.60. The summed E-state index contributed by atoms with van der Waals surface area (Å²) in [6, 6.07) is 13.9. The SMILES string of the molecule is CC=C(N=NN(C)c1cccc(C)c1)c1ccccn1. The lowest BCUT2D eigenvalue weighted by Crippen LogP contribution is -2.07. The molecule has 1 aromatic heterocycles. The Labute approximate surface area is 119 Å². The number of hydrogen-bond donors (Lipinski definition) is 0. The van der Waals surface area contributed by atoms with Crippen LogP contribution in [-0.2, 0) is 0 Å². The van der Waals surface area contributed by atoms with Gasteiger partial charge in [0.2, 0.25) is 0 Å². The van der Waals surface area contributed by atoms with Crippen LogP contribution >= 0.6 is 0 Å². The van der Waals surface area contributed by atoms with Gasteiger partial charge in [0.25, 0.3) is 0 Å². The van der Waals surface area contributed by atoms with E-state index in [-0.39, 0.29) is 0 Å². The standard InChI is InChI=1S/C16H18N4/c1-4-15(16-10-5-6-11-17-16)18-19-20(3)14-9-7-8-13(2)12-14/h4-12H,1-3H3. The zero-order valence-corrected chi connectivity index (χ0v) is 12.0. The van der Waals surface area contributed by atoms with Gasteiger partial charge in [-0.05, 0) is 43.7 Å².